The number of hydrogen-bond donors (Lipinski definition) is 0. The predicted octanol–water partition coefficient (Wildman–Crippen LogP) is 2.48. The number of alkyl halides is 3. The Balaban J connectivity index is 1.36. The summed E-state index contributed by atoms with van der Waals surface area (Å²) < 4.78 is 57.2. The van der Waals surface area contributed by atoms with Crippen molar-refractivity contribution >= 4 is 12.0 Å². The van der Waals surface area contributed by atoms with Gasteiger partial charge in [-0.2, -0.15) is 13.2 Å². The number of carbonyl (C=O) groups is 1. The van der Waals surface area contributed by atoms with Gasteiger partial charge < -0.3 is 23.9 Å². The van der Waals surface area contributed by atoms with Crippen LogP contribution in [0, 0.1) is 5.92 Å². The Kier molecular flexibility index (Phi) is 6.49. The molecule has 3 unspecified atom stereocenters. The third kappa shape index (κ3) is 4.64. The highest BCUT2D eigenvalue weighted by Gasteiger charge is 2.41. The molecular weight excluding hydrogens is 467 g/mol. The van der Waals surface area contributed by atoms with Gasteiger partial charge in [0, 0.05) is 44.5 Å². The number of aldehydes is 1. The van der Waals surface area contributed by atoms with Crippen molar-refractivity contribution in [1.29, 1.82) is 0 Å². The number of likely N-dealkylation sites (tertiary alicyclic amines) is 1. The molecule has 2 saturated heterocycles. The first-order valence-electron chi connectivity index (χ1n) is 11.5. The molecule has 2 aromatic rings. The van der Waals surface area contributed by atoms with Crippen molar-refractivity contribution < 1.29 is 32.2 Å². The second-order valence-electron chi connectivity index (χ2n) is 8.85. The van der Waals surface area contributed by atoms with Crippen LogP contribution in [0.5, 0.6) is 11.8 Å². The van der Waals surface area contributed by atoms with Crippen LogP contribution in [0.4, 0.5) is 18.9 Å². The number of methoxy groups -OCH3 is 1. The maximum Gasteiger partial charge on any atom is 0.421 e. The van der Waals surface area contributed by atoms with Crippen LogP contribution in [0.3, 0.4) is 0 Å². The van der Waals surface area contributed by atoms with E-state index in [-0.39, 0.29) is 24.7 Å². The predicted molar refractivity (Wildman–Crippen MR) is 117 cm³/mol. The molecule has 3 aliphatic heterocycles. The summed E-state index contributed by atoms with van der Waals surface area (Å²) in [6, 6.07) is 1.01. The summed E-state index contributed by atoms with van der Waals surface area (Å²) in [5.74, 6) is -0.155. The fourth-order valence-electron chi connectivity index (χ4n) is 4.88. The fraction of sp³-hybridized carbons (Fsp3) is 0.565. The minimum atomic E-state index is -4.59. The molecule has 5 heterocycles. The smallest absolute Gasteiger partial charge is 0.421 e. The summed E-state index contributed by atoms with van der Waals surface area (Å²) in [6.07, 6.45) is 0.965. The lowest BCUT2D eigenvalue weighted by atomic mass is 9.92. The number of rotatable bonds is 6. The lowest BCUT2D eigenvalue weighted by Gasteiger charge is -2.48. The molecule has 188 valence electrons. The number of aromatic nitrogens is 3. The maximum absolute atomic E-state index is 13.5. The van der Waals surface area contributed by atoms with Crippen molar-refractivity contribution in [2.24, 2.45) is 5.92 Å². The van der Waals surface area contributed by atoms with E-state index in [1.54, 1.807) is 4.90 Å². The van der Waals surface area contributed by atoms with Gasteiger partial charge in [0.15, 0.2) is 6.23 Å². The highest BCUT2D eigenvalue weighted by atomic mass is 19.4. The number of hydrogen-bond acceptors (Lipinski definition) is 9. The molecule has 0 spiro atoms. The monoisotopic (exact) mass is 493 g/mol. The van der Waals surface area contributed by atoms with Gasteiger partial charge in [-0.15, -0.1) is 0 Å². The molecule has 2 aromatic heterocycles. The van der Waals surface area contributed by atoms with Gasteiger partial charge in [-0.25, -0.2) is 15.0 Å². The average Bonchev–Trinajstić information content (AvgIpc) is 2.85. The van der Waals surface area contributed by atoms with Crippen LogP contribution in [-0.4, -0.2) is 71.8 Å². The Labute approximate surface area is 200 Å². The van der Waals surface area contributed by atoms with E-state index in [1.165, 1.54) is 12.5 Å². The van der Waals surface area contributed by atoms with Crippen molar-refractivity contribution in [1.82, 2.24) is 19.9 Å². The van der Waals surface area contributed by atoms with Crippen molar-refractivity contribution in [3.63, 3.8) is 0 Å². The summed E-state index contributed by atoms with van der Waals surface area (Å²) in [4.78, 5) is 28.0. The van der Waals surface area contributed by atoms with Gasteiger partial charge in [0.2, 0.25) is 11.8 Å². The molecule has 0 aromatic carbocycles. The lowest BCUT2D eigenvalue weighted by Crippen LogP contribution is -2.60. The number of ether oxygens (including phenoxy) is 3. The van der Waals surface area contributed by atoms with Crippen LogP contribution in [0.2, 0.25) is 0 Å². The number of nitrogens with zero attached hydrogens (tertiary/aromatic N) is 5. The third-order valence-electron chi connectivity index (χ3n) is 6.89. The molecular formula is C23H26F3N5O4. The summed E-state index contributed by atoms with van der Waals surface area (Å²) in [5, 5.41) is 0. The number of halogens is 3. The van der Waals surface area contributed by atoms with Gasteiger partial charge in [-0.1, -0.05) is 0 Å². The van der Waals surface area contributed by atoms with E-state index in [4.69, 9.17) is 14.2 Å². The van der Waals surface area contributed by atoms with Crippen LogP contribution < -0.4 is 14.4 Å². The van der Waals surface area contributed by atoms with E-state index in [0.29, 0.717) is 44.2 Å². The van der Waals surface area contributed by atoms with E-state index < -0.39 is 17.6 Å². The normalized spacial score (nSPS) is 24.9. The Morgan fingerprint density at radius 2 is 2.03 bits per heavy atom. The van der Waals surface area contributed by atoms with Gasteiger partial charge in [0.1, 0.15) is 18.2 Å². The van der Waals surface area contributed by atoms with Crippen LogP contribution in [0.25, 0.3) is 0 Å². The summed E-state index contributed by atoms with van der Waals surface area (Å²) >= 11 is 0. The molecule has 12 heteroatoms. The first-order chi connectivity index (χ1) is 16.9. The largest absolute Gasteiger partial charge is 0.481 e. The molecule has 3 atom stereocenters. The molecule has 9 nitrogen and oxygen atoms in total. The molecule has 35 heavy (non-hydrogen) atoms. The number of anilines is 1. The Morgan fingerprint density at radius 3 is 2.74 bits per heavy atom. The van der Waals surface area contributed by atoms with Gasteiger partial charge >= 0.3 is 6.18 Å². The molecule has 0 amide bonds. The number of carbonyl (C=O) groups excluding carboxylic acids is 1. The lowest BCUT2D eigenvalue weighted by molar-refractivity contribution is -0.142. The fourth-order valence-corrected chi connectivity index (χ4v) is 4.88. The molecule has 0 N–H and O–H groups in total. The third-order valence-corrected chi connectivity index (χ3v) is 6.89. The zero-order chi connectivity index (χ0) is 24.6. The summed E-state index contributed by atoms with van der Waals surface area (Å²) in [7, 11) is 1.16. The van der Waals surface area contributed by atoms with Crippen LogP contribution in [0.15, 0.2) is 18.6 Å². The first-order valence-corrected chi connectivity index (χ1v) is 11.5. The quantitative estimate of drug-likeness (QED) is 0.563. The Bertz CT molecular complexity index is 1090. The zero-order valence-corrected chi connectivity index (χ0v) is 19.2. The molecule has 3 aliphatic rings. The van der Waals surface area contributed by atoms with Crippen molar-refractivity contribution in [2.45, 2.75) is 44.3 Å². The molecule has 0 saturated carbocycles. The van der Waals surface area contributed by atoms with E-state index >= 15 is 0 Å². The van der Waals surface area contributed by atoms with Crippen molar-refractivity contribution in [3.05, 3.63) is 35.4 Å². The second-order valence-corrected chi connectivity index (χ2v) is 8.85. The van der Waals surface area contributed by atoms with E-state index in [2.05, 4.69) is 19.9 Å². The Hall–Kier alpha value is -2.99. The van der Waals surface area contributed by atoms with E-state index in [0.717, 1.165) is 43.7 Å². The highest BCUT2D eigenvalue weighted by Crippen LogP contribution is 2.38. The Morgan fingerprint density at radius 1 is 1.17 bits per heavy atom. The maximum atomic E-state index is 13.5. The minimum Gasteiger partial charge on any atom is -0.481 e. The summed E-state index contributed by atoms with van der Waals surface area (Å²) in [5.41, 5.74) is 0.953. The number of fused-ring (bicyclic) bond motifs is 1. The molecule has 2 fully saturated rings. The van der Waals surface area contributed by atoms with Gasteiger partial charge in [0.25, 0.3) is 0 Å². The van der Waals surface area contributed by atoms with Crippen molar-refractivity contribution in [3.8, 4) is 11.8 Å². The van der Waals surface area contributed by atoms with Crippen LogP contribution >= 0.6 is 0 Å². The van der Waals surface area contributed by atoms with Crippen LogP contribution in [-0.2, 0) is 28.7 Å². The minimum absolute atomic E-state index is 0.0414. The first kappa shape index (κ1) is 23.7. The highest BCUT2D eigenvalue weighted by molar-refractivity contribution is 5.55. The van der Waals surface area contributed by atoms with Crippen molar-refractivity contribution in [2.75, 3.05) is 38.3 Å². The zero-order valence-electron chi connectivity index (χ0n) is 19.2. The summed E-state index contributed by atoms with van der Waals surface area (Å²) in [6.45, 7) is 2.60. The van der Waals surface area contributed by atoms with Gasteiger partial charge in [-0.05, 0) is 12.5 Å². The van der Waals surface area contributed by atoms with E-state index in [1.807, 2.05) is 0 Å². The van der Waals surface area contributed by atoms with Gasteiger partial charge in [0.05, 0.1) is 43.4 Å². The molecule has 5 rings (SSSR count). The molecule has 0 aliphatic carbocycles. The molecule has 0 radical (unpaired) electrons. The standard InChI is InChI=1S/C23H26F3N5O4/c1-33-22-17(23(24,25)26)8-15(9-27-22)30-5-2-18-16(10-30)21(29-13-28-18)35-20-3-6-31(20)19-12-34-7-4-14(19)11-32/h8-9,11,13-14,19-20H,2-7,10,12H2,1H3. The second kappa shape index (κ2) is 9.57. The number of pyridine rings is 1. The average molecular weight is 493 g/mol. The van der Waals surface area contributed by atoms with Gasteiger partial charge in [-0.3, -0.25) is 4.90 Å². The topological polar surface area (TPSA) is 89.9 Å². The molecule has 0 bridgehead atoms. The SMILES string of the molecule is COc1ncc(N2CCc3ncnc(OC4CCN4C4COCCC4C=O)c3C2)cc1C(F)(F)F. The van der Waals surface area contributed by atoms with Crippen LogP contribution in [0.1, 0.15) is 29.7 Å². The van der Waals surface area contributed by atoms with E-state index in [9.17, 15) is 18.0 Å².